The number of likely N-dealkylation sites (tertiary alicyclic amines) is 1. The SMILES string of the molecule is CC(C)N1C[C@]23C=C[C@@H](O2)[C@H](C(=O)O)[C@@H]3C1=O. The number of rotatable bonds is 2. The zero-order valence-corrected chi connectivity index (χ0v) is 9.79. The summed E-state index contributed by atoms with van der Waals surface area (Å²) in [5.74, 6) is -2.29. The normalized spacial score (nSPS) is 42.6. The molecule has 92 valence electrons. The molecule has 0 aliphatic carbocycles. The molecule has 0 radical (unpaired) electrons. The van der Waals surface area contributed by atoms with Crippen LogP contribution in [0.15, 0.2) is 12.2 Å². The van der Waals surface area contributed by atoms with E-state index in [2.05, 4.69) is 0 Å². The van der Waals surface area contributed by atoms with Gasteiger partial charge in [-0.25, -0.2) is 0 Å². The van der Waals surface area contributed by atoms with Gasteiger partial charge in [-0.1, -0.05) is 12.2 Å². The molecule has 3 aliphatic heterocycles. The highest BCUT2D eigenvalue weighted by Gasteiger charge is 2.67. The molecule has 17 heavy (non-hydrogen) atoms. The fourth-order valence-corrected chi connectivity index (χ4v) is 3.25. The zero-order chi connectivity index (χ0) is 12.4. The number of carbonyl (C=O) groups is 2. The first-order valence-corrected chi connectivity index (χ1v) is 5.87. The Balaban J connectivity index is 2.01. The molecule has 0 saturated carbocycles. The van der Waals surface area contributed by atoms with E-state index in [0.717, 1.165) is 0 Å². The second-order valence-electron chi connectivity index (χ2n) is 5.30. The van der Waals surface area contributed by atoms with Crippen molar-refractivity contribution in [2.75, 3.05) is 6.54 Å². The number of carbonyl (C=O) groups excluding carboxylic acids is 1. The monoisotopic (exact) mass is 237 g/mol. The standard InChI is InChI=1S/C12H15NO4/c1-6(2)13-5-12-4-3-7(17-12)8(11(15)16)9(12)10(13)14/h3-4,6-9H,5H2,1-2H3,(H,15,16)/t7-,8+,9-,12+/m1/s1. The summed E-state index contributed by atoms with van der Waals surface area (Å²) in [6.45, 7) is 4.34. The minimum Gasteiger partial charge on any atom is -0.481 e. The summed E-state index contributed by atoms with van der Waals surface area (Å²) in [5, 5.41) is 9.24. The highest BCUT2D eigenvalue weighted by atomic mass is 16.5. The number of amides is 1. The lowest BCUT2D eigenvalue weighted by Gasteiger charge is -2.24. The number of hydrogen-bond donors (Lipinski definition) is 1. The summed E-state index contributed by atoms with van der Waals surface area (Å²) in [6, 6.07) is 0.0768. The summed E-state index contributed by atoms with van der Waals surface area (Å²) < 4.78 is 5.75. The maximum atomic E-state index is 12.3. The van der Waals surface area contributed by atoms with Gasteiger partial charge in [0.05, 0.1) is 18.6 Å². The molecule has 1 amide bonds. The molecule has 5 nitrogen and oxygen atoms in total. The van der Waals surface area contributed by atoms with Crippen molar-refractivity contribution in [1.29, 1.82) is 0 Å². The van der Waals surface area contributed by atoms with Gasteiger partial charge in [-0.2, -0.15) is 0 Å². The average Bonchev–Trinajstić information content (AvgIpc) is 2.86. The molecule has 2 fully saturated rings. The summed E-state index contributed by atoms with van der Waals surface area (Å²) >= 11 is 0. The summed E-state index contributed by atoms with van der Waals surface area (Å²) in [7, 11) is 0. The molecular formula is C12H15NO4. The molecule has 2 saturated heterocycles. The quantitative estimate of drug-likeness (QED) is 0.700. The number of carboxylic acid groups (broad SMARTS) is 1. The molecule has 3 rings (SSSR count). The van der Waals surface area contributed by atoms with Crippen molar-refractivity contribution in [2.45, 2.75) is 31.6 Å². The summed E-state index contributed by atoms with van der Waals surface area (Å²) in [6.07, 6.45) is 3.23. The van der Waals surface area contributed by atoms with Gasteiger partial charge >= 0.3 is 5.97 Å². The van der Waals surface area contributed by atoms with Crippen molar-refractivity contribution in [3.8, 4) is 0 Å². The number of nitrogens with zero attached hydrogens (tertiary/aromatic N) is 1. The Kier molecular flexibility index (Phi) is 1.96. The number of carboxylic acids is 1. The first-order valence-electron chi connectivity index (χ1n) is 5.87. The second kappa shape index (κ2) is 3.10. The van der Waals surface area contributed by atoms with Gasteiger partial charge in [-0.15, -0.1) is 0 Å². The smallest absolute Gasteiger partial charge is 0.310 e. The molecule has 0 aromatic carbocycles. The van der Waals surface area contributed by atoms with Crippen LogP contribution < -0.4 is 0 Å². The first-order chi connectivity index (χ1) is 7.96. The second-order valence-corrected chi connectivity index (χ2v) is 5.30. The van der Waals surface area contributed by atoms with E-state index >= 15 is 0 Å². The number of aliphatic carboxylic acids is 1. The number of hydrogen-bond acceptors (Lipinski definition) is 3. The molecule has 2 bridgehead atoms. The highest BCUT2D eigenvalue weighted by Crippen LogP contribution is 2.52. The van der Waals surface area contributed by atoms with Crippen molar-refractivity contribution in [3.63, 3.8) is 0 Å². The largest absolute Gasteiger partial charge is 0.481 e. The third kappa shape index (κ3) is 1.17. The topological polar surface area (TPSA) is 66.8 Å². The molecular weight excluding hydrogens is 222 g/mol. The minimum atomic E-state index is -0.940. The fourth-order valence-electron chi connectivity index (χ4n) is 3.25. The van der Waals surface area contributed by atoms with Crippen LogP contribution in [0.25, 0.3) is 0 Å². The van der Waals surface area contributed by atoms with E-state index in [0.29, 0.717) is 6.54 Å². The third-order valence-electron chi connectivity index (χ3n) is 4.04. The van der Waals surface area contributed by atoms with Crippen molar-refractivity contribution >= 4 is 11.9 Å². The number of fused-ring (bicyclic) bond motifs is 1. The molecule has 3 aliphatic rings. The van der Waals surface area contributed by atoms with Crippen LogP contribution in [0.3, 0.4) is 0 Å². The van der Waals surface area contributed by atoms with Crippen molar-refractivity contribution in [1.82, 2.24) is 4.90 Å². The maximum absolute atomic E-state index is 12.3. The van der Waals surface area contributed by atoms with E-state index in [9.17, 15) is 14.7 Å². The molecule has 3 heterocycles. The van der Waals surface area contributed by atoms with Gasteiger partial charge in [0, 0.05) is 6.04 Å². The zero-order valence-electron chi connectivity index (χ0n) is 9.79. The van der Waals surface area contributed by atoms with E-state index in [1.807, 2.05) is 19.9 Å². The molecule has 1 N–H and O–H groups in total. The average molecular weight is 237 g/mol. The summed E-state index contributed by atoms with van der Waals surface area (Å²) in [5.41, 5.74) is -0.685. The molecule has 1 spiro atoms. The third-order valence-corrected chi connectivity index (χ3v) is 4.04. The van der Waals surface area contributed by atoms with E-state index in [1.165, 1.54) is 0 Å². The van der Waals surface area contributed by atoms with E-state index in [-0.39, 0.29) is 11.9 Å². The van der Waals surface area contributed by atoms with Gasteiger partial charge in [-0.05, 0) is 13.8 Å². The lowest BCUT2D eigenvalue weighted by Crippen LogP contribution is -2.39. The molecule has 0 aromatic heterocycles. The fraction of sp³-hybridized carbons (Fsp3) is 0.667. The Bertz CT molecular complexity index is 430. The molecule has 0 unspecified atom stereocenters. The predicted octanol–water partition coefficient (Wildman–Crippen LogP) is 0.261. The highest BCUT2D eigenvalue weighted by molar-refractivity contribution is 5.90. The van der Waals surface area contributed by atoms with E-state index < -0.39 is 29.5 Å². The Morgan fingerprint density at radius 1 is 1.65 bits per heavy atom. The van der Waals surface area contributed by atoms with Gasteiger partial charge in [0.25, 0.3) is 0 Å². The van der Waals surface area contributed by atoms with E-state index in [1.54, 1.807) is 11.0 Å². The Hall–Kier alpha value is -1.36. The lowest BCUT2D eigenvalue weighted by atomic mass is 9.77. The van der Waals surface area contributed by atoms with Gasteiger partial charge in [0.15, 0.2) is 0 Å². The van der Waals surface area contributed by atoms with E-state index in [4.69, 9.17) is 4.74 Å². The Morgan fingerprint density at radius 2 is 2.35 bits per heavy atom. The van der Waals surface area contributed by atoms with Crippen LogP contribution in [0, 0.1) is 11.8 Å². The van der Waals surface area contributed by atoms with Crippen LogP contribution >= 0.6 is 0 Å². The Labute approximate surface area is 99.0 Å². The van der Waals surface area contributed by atoms with Crippen molar-refractivity contribution in [3.05, 3.63) is 12.2 Å². The molecule has 4 atom stereocenters. The van der Waals surface area contributed by atoms with Crippen molar-refractivity contribution in [2.24, 2.45) is 11.8 Å². The summed E-state index contributed by atoms with van der Waals surface area (Å²) in [4.78, 5) is 25.3. The van der Waals surface area contributed by atoms with Gasteiger partial charge in [0.1, 0.15) is 11.5 Å². The van der Waals surface area contributed by atoms with Crippen LogP contribution in [0.2, 0.25) is 0 Å². The van der Waals surface area contributed by atoms with Crippen LogP contribution in [-0.4, -0.2) is 46.2 Å². The van der Waals surface area contributed by atoms with Crippen LogP contribution in [0.5, 0.6) is 0 Å². The van der Waals surface area contributed by atoms with Gasteiger partial charge < -0.3 is 14.7 Å². The number of ether oxygens (including phenoxy) is 1. The minimum absolute atomic E-state index is 0.0768. The molecule has 0 aromatic rings. The predicted molar refractivity (Wildman–Crippen MR) is 58.2 cm³/mol. The lowest BCUT2D eigenvalue weighted by molar-refractivity contribution is -0.148. The Morgan fingerprint density at radius 3 is 2.94 bits per heavy atom. The van der Waals surface area contributed by atoms with Crippen LogP contribution in [0.4, 0.5) is 0 Å². The van der Waals surface area contributed by atoms with Gasteiger partial charge in [0.2, 0.25) is 5.91 Å². The first kappa shape index (κ1) is 10.8. The maximum Gasteiger partial charge on any atom is 0.310 e. The van der Waals surface area contributed by atoms with Crippen LogP contribution in [-0.2, 0) is 14.3 Å². The van der Waals surface area contributed by atoms with Crippen molar-refractivity contribution < 1.29 is 19.4 Å². The van der Waals surface area contributed by atoms with Gasteiger partial charge in [-0.3, -0.25) is 9.59 Å². The molecule has 5 heteroatoms. The van der Waals surface area contributed by atoms with Crippen LogP contribution in [0.1, 0.15) is 13.8 Å².